The van der Waals surface area contributed by atoms with Gasteiger partial charge in [-0.3, -0.25) is 0 Å². The molecular formula is C16H29Cl3N4. The van der Waals surface area contributed by atoms with Gasteiger partial charge in [-0.1, -0.05) is 34.8 Å². The third kappa shape index (κ3) is 3.38. The van der Waals surface area contributed by atoms with Crippen LogP contribution in [-0.4, -0.2) is 67.3 Å². The first-order chi connectivity index (χ1) is 10.7. The monoisotopic (exact) mass is 382 g/mol. The Hall–Kier alpha value is 0.710. The van der Waals surface area contributed by atoms with E-state index in [1.54, 1.807) is 0 Å². The molecule has 0 aromatic carbocycles. The lowest BCUT2D eigenvalue weighted by Gasteiger charge is -2.46. The van der Waals surface area contributed by atoms with E-state index in [1.807, 2.05) is 0 Å². The van der Waals surface area contributed by atoms with Crippen LogP contribution in [-0.2, 0) is 0 Å². The number of nitrogens with zero attached hydrogens (tertiary/aromatic N) is 4. The number of alkyl halides is 3. The number of hydrazine groups is 2. The second-order valence-electron chi connectivity index (χ2n) is 7.55. The molecule has 0 bridgehead atoms. The molecule has 0 aromatic rings. The molecule has 0 aromatic heterocycles. The van der Waals surface area contributed by atoms with Gasteiger partial charge in [-0.2, -0.15) is 0 Å². The summed E-state index contributed by atoms with van der Waals surface area (Å²) in [6.07, 6.45) is 4.61. The molecule has 3 fully saturated rings. The maximum atomic E-state index is 6.47. The summed E-state index contributed by atoms with van der Waals surface area (Å²) in [5.74, 6) is 0. The van der Waals surface area contributed by atoms with Crippen molar-refractivity contribution < 1.29 is 0 Å². The highest BCUT2D eigenvalue weighted by Crippen LogP contribution is 2.43. The first kappa shape index (κ1) is 18.5. The number of hydrogen-bond donors (Lipinski definition) is 0. The fraction of sp³-hybridized carbons (Fsp3) is 1.00. The average Bonchev–Trinajstić information content (AvgIpc) is 3.08. The van der Waals surface area contributed by atoms with Crippen molar-refractivity contribution in [1.82, 2.24) is 20.0 Å². The van der Waals surface area contributed by atoms with Gasteiger partial charge in [0.2, 0.25) is 3.79 Å². The molecule has 3 rings (SSSR count). The lowest BCUT2D eigenvalue weighted by atomic mass is 10.2. The normalized spacial score (nSPS) is 39.8. The van der Waals surface area contributed by atoms with Crippen LogP contribution in [0.5, 0.6) is 0 Å². The van der Waals surface area contributed by atoms with Gasteiger partial charge < -0.3 is 0 Å². The van der Waals surface area contributed by atoms with Crippen LogP contribution in [0.4, 0.5) is 0 Å². The molecule has 3 aliphatic heterocycles. The Labute approximate surface area is 155 Å². The van der Waals surface area contributed by atoms with Crippen molar-refractivity contribution in [3.8, 4) is 0 Å². The maximum absolute atomic E-state index is 6.47. The van der Waals surface area contributed by atoms with Crippen molar-refractivity contribution in [1.29, 1.82) is 0 Å². The molecule has 0 N–H and O–H groups in total. The summed E-state index contributed by atoms with van der Waals surface area (Å²) in [4.78, 5) is 0. The van der Waals surface area contributed by atoms with E-state index < -0.39 is 3.79 Å². The Kier molecular flexibility index (Phi) is 5.46. The molecule has 23 heavy (non-hydrogen) atoms. The van der Waals surface area contributed by atoms with Crippen molar-refractivity contribution in [2.45, 2.75) is 87.5 Å². The molecule has 0 spiro atoms. The molecule has 3 heterocycles. The van der Waals surface area contributed by atoms with E-state index >= 15 is 0 Å². The lowest BCUT2D eigenvalue weighted by molar-refractivity contribution is -0.147. The van der Waals surface area contributed by atoms with Crippen LogP contribution in [0.1, 0.15) is 53.4 Å². The zero-order chi connectivity index (χ0) is 16.9. The molecule has 0 radical (unpaired) electrons. The first-order valence-electron chi connectivity index (χ1n) is 8.88. The molecule has 0 aliphatic carbocycles. The third-order valence-corrected chi connectivity index (χ3v) is 6.41. The van der Waals surface area contributed by atoms with Gasteiger partial charge in [0.25, 0.3) is 0 Å². The van der Waals surface area contributed by atoms with Gasteiger partial charge in [0, 0.05) is 37.3 Å². The Bertz CT molecular complexity index is 378. The average molecular weight is 384 g/mol. The van der Waals surface area contributed by atoms with E-state index in [4.69, 9.17) is 34.8 Å². The molecule has 4 nitrogen and oxygen atoms in total. The Morgan fingerprint density at radius 3 is 1.22 bits per heavy atom. The molecule has 4 atom stereocenters. The summed E-state index contributed by atoms with van der Waals surface area (Å²) >= 11 is 19.4. The van der Waals surface area contributed by atoms with E-state index in [1.165, 1.54) is 25.7 Å². The summed E-state index contributed by atoms with van der Waals surface area (Å²) in [6.45, 7) is 11.0. The summed E-state index contributed by atoms with van der Waals surface area (Å²) in [5.41, 5.74) is 0. The molecule has 7 heteroatoms. The Morgan fingerprint density at radius 1 is 0.652 bits per heavy atom. The quantitative estimate of drug-likeness (QED) is 0.671. The summed E-state index contributed by atoms with van der Waals surface area (Å²) in [6, 6.07) is 2.03. The minimum atomic E-state index is -1.33. The standard InChI is InChI=1S/C16H29Cl3N4/c1-11-5-6-12(2)22(11)20-9-10-21(15(20)16(17,18)19)23-13(3)7-8-14(23)4/h11-15H,5-10H2,1-4H3/t11-,12-,13-,14-/m1/s1. The number of halogens is 3. The fourth-order valence-corrected chi connectivity index (χ4v) is 5.48. The van der Waals surface area contributed by atoms with Gasteiger partial charge in [-0.05, 0) is 53.4 Å². The van der Waals surface area contributed by atoms with Crippen LogP contribution < -0.4 is 0 Å². The summed E-state index contributed by atoms with van der Waals surface area (Å²) < 4.78 is -1.33. The van der Waals surface area contributed by atoms with Crippen LogP contribution in [0.3, 0.4) is 0 Å². The highest BCUT2D eigenvalue weighted by atomic mass is 35.6. The molecular weight excluding hydrogens is 355 g/mol. The smallest absolute Gasteiger partial charge is 0.221 e. The van der Waals surface area contributed by atoms with Gasteiger partial charge in [0.1, 0.15) is 6.17 Å². The number of rotatable bonds is 2. The van der Waals surface area contributed by atoms with Crippen molar-refractivity contribution in [2.24, 2.45) is 0 Å². The zero-order valence-corrected chi connectivity index (χ0v) is 16.8. The van der Waals surface area contributed by atoms with Crippen molar-refractivity contribution in [3.63, 3.8) is 0 Å². The zero-order valence-electron chi connectivity index (χ0n) is 14.6. The second-order valence-corrected chi connectivity index (χ2v) is 9.92. The van der Waals surface area contributed by atoms with Crippen molar-refractivity contribution >= 4 is 34.8 Å². The van der Waals surface area contributed by atoms with E-state index in [2.05, 4.69) is 47.7 Å². The van der Waals surface area contributed by atoms with Crippen LogP contribution >= 0.6 is 34.8 Å². The van der Waals surface area contributed by atoms with Gasteiger partial charge in [-0.15, -0.1) is 0 Å². The van der Waals surface area contributed by atoms with E-state index in [0.717, 1.165) is 13.1 Å². The Morgan fingerprint density at radius 2 is 0.957 bits per heavy atom. The highest BCUT2D eigenvalue weighted by molar-refractivity contribution is 6.68. The predicted molar refractivity (Wildman–Crippen MR) is 97.5 cm³/mol. The van der Waals surface area contributed by atoms with Crippen LogP contribution in [0.15, 0.2) is 0 Å². The number of hydrogen-bond acceptors (Lipinski definition) is 4. The van der Waals surface area contributed by atoms with Crippen LogP contribution in [0.2, 0.25) is 0 Å². The van der Waals surface area contributed by atoms with E-state index in [9.17, 15) is 0 Å². The van der Waals surface area contributed by atoms with Crippen molar-refractivity contribution in [3.05, 3.63) is 0 Å². The largest absolute Gasteiger partial charge is 0.234 e. The lowest BCUT2D eigenvalue weighted by Crippen LogP contribution is -2.61. The predicted octanol–water partition coefficient (Wildman–Crippen LogP) is 3.88. The minimum Gasteiger partial charge on any atom is -0.234 e. The maximum Gasteiger partial charge on any atom is 0.221 e. The van der Waals surface area contributed by atoms with Crippen molar-refractivity contribution in [2.75, 3.05) is 13.1 Å². The van der Waals surface area contributed by atoms with Gasteiger partial charge in [-0.25, -0.2) is 20.0 Å². The summed E-state index contributed by atoms with van der Waals surface area (Å²) in [7, 11) is 0. The second kappa shape index (κ2) is 6.79. The van der Waals surface area contributed by atoms with Gasteiger partial charge in [0.05, 0.1) is 0 Å². The Balaban J connectivity index is 1.88. The van der Waals surface area contributed by atoms with Crippen LogP contribution in [0.25, 0.3) is 0 Å². The third-order valence-electron chi connectivity index (χ3n) is 5.82. The van der Waals surface area contributed by atoms with Gasteiger partial charge >= 0.3 is 0 Å². The highest BCUT2D eigenvalue weighted by Gasteiger charge is 2.53. The molecule has 0 saturated carbocycles. The molecule has 3 aliphatic rings. The van der Waals surface area contributed by atoms with E-state index in [0.29, 0.717) is 24.2 Å². The van der Waals surface area contributed by atoms with E-state index in [-0.39, 0.29) is 6.17 Å². The summed E-state index contributed by atoms with van der Waals surface area (Å²) in [5, 5.41) is 9.57. The van der Waals surface area contributed by atoms with Crippen LogP contribution in [0, 0.1) is 0 Å². The molecule has 134 valence electrons. The minimum absolute atomic E-state index is 0.224. The first-order valence-corrected chi connectivity index (χ1v) is 10.0. The molecule has 3 saturated heterocycles. The SMILES string of the molecule is C[C@@H]1CC[C@@H](C)N1N1CCN(N2[C@H](C)CC[C@H]2C)C1C(Cl)(Cl)Cl. The topological polar surface area (TPSA) is 13.0 Å². The van der Waals surface area contributed by atoms with Gasteiger partial charge in [0.15, 0.2) is 0 Å². The molecule has 0 unspecified atom stereocenters. The fourth-order valence-electron chi connectivity index (χ4n) is 4.80. The molecule has 0 amide bonds.